The van der Waals surface area contributed by atoms with Gasteiger partial charge in [-0.25, -0.2) is 0 Å². The molecule has 0 fully saturated rings. The first-order valence-electron chi connectivity index (χ1n) is 16.1. The predicted octanol–water partition coefficient (Wildman–Crippen LogP) is 8.00. The van der Waals surface area contributed by atoms with Crippen LogP contribution in [0, 0.1) is 13.8 Å². The number of aryl methyl sites for hydroxylation is 2. The van der Waals surface area contributed by atoms with Gasteiger partial charge in [-0.3, -0.25) is 14.1 Å². The van der Waals surface area contributed by atoms with Crippen molar-refractivity contribution in [3.05, 3.63) is 142 Å². The van der Waals surface area contributed by atoms with E-state index in [9.17, 15) is 18.0 Å². The number of amides is 1. The Kier molecular flexibility index (Phi) is 13.9. The lowest BCUT2D eigenvalue weighted by Crippen LogP contribution is -2.18. The Labute approximate surface area is 299 Å². The second-order valence-corrected chi connectivity index (χ2v) is 13.8. The van der Waals surface area contributed by atoms with E-state index in [0.29, 0.717) is 13.0 Å². The minimum Gasteiger partial charge on any atom is -0.493 e. The third-order valence-corrected chi connectivity index (χ3v) is 8.79. The van der Waals surface area contributed by atoms with Gasteiger partial charge in [0.2, 0.25) is 5.91 Å². The van der Waals surface area contributed by atoms with Crippen molar-refractivity contribution in [3.63, 3.8) is 0 Å². The summed E-state index contributed by atoms with van der Waals surface area (Å²) in [6, 6.07) is 35.7. The fourth-order valence-electron chi connectivity index (χ4n) is 5.13. The molecule has 6 rings (SSSR count). The average molecular weight is 713 g/mol. The smallest absolute Gasteiger partial charge is 0.266 e. The molecule has 0 atom stereocenters. The molecule has 5 aromatic rings. The van der Waals surface area contributed by atoms with Crippen LogP contribution in [0.4, 0.5) is 5.69 Å². The van der Waals surface area contributed by atoms with Crippen LogP contribution in [0.1, 0.15) is 32.6 Å². The van der Waals surface area contributed by atoms with Gasteiger partial charge in [-0.2, -0.15) is 8.42 Å². The number of anilines is 1. The Morgan fingerprint density at radius 2 is 1.52 bits per heavy atom. The fraction of sp³-hybridized carbons (Fsp3) is 0.200. The van der Waals surface area contributed by atoms with Gasteiger partial charge in [-0.1, -0.05) is 90.0 Å². The molecule has 1 aliphatic heterocycles. The predicted molar refractivity (Wildman–Crippen MR) is 202 cm³/mol. The summed E-state index contributed by atoms with van der Waals surface area (Å²) in [5.74, 6) is 0.736. The van der Waals surface area contributed by atoms with Crippen molar-refractivity contribution in [2.75, 3.05) is 31.3 Å². The number of carbonyl (C=O) groups excluding carboxylic acids is 2. The van der Waals surface area contributed by atoms with Gasteiger partial charge in [0.05, 0.1) is 18.8 Å². The number of fused-ring (bicyclic) bond motifs is 1. The lowest BCUT2D eigenvalue weighted by Gasteiger charge is -2.10. The minimum atomic E-state index is -3.75. The lowest BCUT2D eigenvalue weighted by molar-refractivity contribution is -0.115. The van der Waals surface area contributed by atoms with Crippen LogP contribution in [-0.2, 0) is 27.8 Å². The molecule has 1 aliphatic rings. The third-order valence-electron chi connectivity index (χ3n) is 7.83. The number of hydrogen-bond donors (Lipinski definition) is 3. The summed E-state index contributed by atoms with van der Waals surface area (Å²) in [6.45, 7) is 5.09. The van der Waals surface area contributed by atoms with E-state index in [4.69, 9.17) is 20.9 Å². The van der Waals surface area contributed by atoms with Crippen LogP contribution in [0.3, 0.4) is 0 Å². The summed E-state index contributed by atoms with van der Waals surface area (Å²) in [5, 5.41) is 6.31. The molecule has 0 unspecified atom stereocenters. The van der Waals surface area contributed by atoms with Crippen LogP contribution in [0.2, 0.25) is 5.02 Å². The van der Waals surface area contributed by atoms with Crippen molar-refractivity contribution >= 4 is 39.6 Å². The lowest BCUT2D eigenvalue weighted by atomic mass is 10.00. The van der Waals surface area contributed by atoms with Crippen LogP contribution in [0.15, 0.2) is 109 Å². The van der Waals surface area contributed by atoms with Crippen molar-refractivity contribution in [1.82, 2.24) is 5.32 Å². The maximum absolute atomic E-state index is 12.6. The highest BCUT2D eigenvalue weighted by Gasteiger charge is 2.13. The van der Waals surface area contributed by atoms with E-state index in [0.717, 1.165) is 69.2 Å². The Morgan fingerprint density at radius 1 is 0.860 bits per heavy atom. The van der Waals surface area contributed by atoms with Gasteiger partial charge in [0.1, 0.15) is 12.0 Å². The maximum Gasteiger partial charge on any atom is 0.266 e. The second-order valence-electron chi connectivity index (χ2n) is 11.8. The van der Waals surface area contributed by atoms with E-state index in [1.165, 1.54) is 16.7 Å². The first-order chi connectivity index (χ1) is 23.9. The molecule has 0 bridgehead atoms. The highest BCUT2D eigenvalue weighted by atomic mass is 35.5. The van der Waals surface area contributed by atoms with E-state index in [-0.39, 0.29) is 11.7 Å². The van der Waals surface area contributed by atoms with E-state index in [1.807, 2.05) is 98.8 Å². The summed E-state index contributed by atoms with van der Waals surface area (Å²) in [7, 11) is -2.13. The molecule has 8 nitrogen and oxygen atoms in total. The van der Waals surface area contributed by atoms with E-state index >= 15 is 0 Å². The first-order valence-corrected chi connectivity index (χ1v) is 18.1. The van der Waals surface area contributed by atoms with Crippen molar-refractivity contribution in [2.24, 2.45) is 0 Å². The largest absolute Gasteiger partial charge is 0.493 e. The summed E-state index contributed by atoms with van der Waals surface area (Å²) < 4.78 is 33.5. The summed E-state index contributed by atoms with van der Waals surface area (Å²) in [6.07, 6.45) is 2.14. The Morgan fingerprint density at radius 3 is 2.12 bits per heavy atom. The number of nitrogens with one attached hydrogen (secondary N) is 2. The van der Waals surface area contributed by atoms with Gasteiger partial charge >= 0.3 is 0 Å². The van der Waals surface area contributed by atoms with E-state index in [1.54, 1.807) is 7.05 Å². The van der Waals surface area contributed by atoms with E-state index < -0.39 is 10.1 Å². The number of hydrogen-bond acceptors (Lipinski definition) is 6. The average Bonchev–Trinajstić information content (AvgIpc) is 3.57. The van der Waals surface area contributed by atoms with Gasteiger partial charge in [0.25, 0.3) is 10.1 Å². The molecule has 0 aliphatic carbocycles. The quantitative estimate of drug-likeness (QED) is 0.105. The molecule has 5 aromatic carbocycles. The number of aldehydes is 1. The monoisotopic (exact) mass is 712 g/mol. The van der Waals surface area contributed by atoms with Crippen LogP contribution in [-0.4, -0.2) is 51.1 Å². The molecule has 0 spiro atoms. The molecule has 0 saturated heterocycles. The molecule has 50 heavy (non-hydrogen) atoms. The molecule has 0 aromatic heterocycles. The fourth-order valence-corrected chi connectivity index (χ4v) is 5.82. The maximum atomic E-state index is 12.6. The third kappa shape index (κ3) is 12.0. The van der Waals surface area contributed by atoms with Gasteiger partial charge in [-0.05, 0) is 96.2 Å². The van der Waals surface area contributed by atoms with Gasteiger partial charge < -0.3 is 15.4 Å². The van der Waals surface area contributed by atoms with Crippen LogP contribution in [0.25, 0.3) is 22.3 Å². The standard InChI is InChI=1S/C29H24ClNO2.C8H8O.C3H9NO3S/c1-19-16-25(30)9-12-27(19)22-6-10-26(11-7-22)31-29(32)17-20-2-4-21(5-3-20)23-8-13-28-24(18-23)14-15-33-28;1-7-2-4-8(6-9)5-3-7;1-4-2-3-8(5,6)7/h2-13,16,18H,14-15,17H2,1H3,(H,31,32);2-6H,1H3;4H,2-3H2,1H3,(H,5,6,7). The zero-order chi connectivity index (χ0) is 36.1. The Hall–Kier alpha value is -4.80. The number of ether oxygens (including phenoxy) is 1. The molecule has 1 amide bonds. The number of carbonyl (C=O) groups is 2. The molecule has 10 heteroatoms. The molecule has 0 saturated carbocycles. The highest BCUT2D eigenvalue weighted by Crippen LogP contribution is 2.31. The van der Waals surface area contributed by atoms with Crippen molar-refractivity contribution in [3.8, 4) is 28.0 Å². The first kappa shape index (κ1) is 38.0. The van der Waals surface area contributed by atoms with Crippen molar-refractivity contribution in [1.29, 1.82) is 0 Å². The normalized spacial score (nSPS) is 11.5. The van der Waals surface area contributed by atoms with E-state index in [2.05, 4.69) is 34.9 Å². The Bertz CT molecular complexity index is 2000. The minimum absolute atomic E-state index is 0.0344. The van der Waals surface area contributed by atoms with Gasteiger partial charge in [0, 0.05) is 29.2 Å². The number of rotatable bonds is 9. The molecule has 0 radical (unpaired) electrons. The molecule has 260 valence electrons. The summed E-state index contributed by atoms with van der Waals surface area (Å²) in [4.78, 5) is 22.7. The zero-order valence-corrected chi connectivity index (χ0v) is 29.9. The van der Waals surface area contributed by atoms with Crippen LogP contribution < -0.4 is 15.4 Å². The molecule has 1 heterocycles. The molecular weight excluding hydrogens is 672 g/mol. The van der Waals surface area contributed by atoms with Gasteiger partial charge in [-0.15, -0.1) is 0 Å². The Balaban J connectivity index is 0.000000272. The zero-order valence-electron chi connectivity index (χ0n) is 28.3. The summed E-state index contributed by atoms with van der Waals surface area (Å²) >= 11 is 6.06. The topological polar surface area (TPSA) is 122 Å². The van der Waals surface area contributed by atoms with Crippen molar-refractivity contribution in [2.45, 2.75) is 26.7 Å². The SMILES string of the molecule is CNCCS(=O)(=O)O.Cc1cc(Cl)ccc1-c1ccc(NC(=O)Cc2ccc(-c3ccc4c(c3)CCO4)cc2)cc1.Cc1ccc(C=O)cc1. The van der Waals surface area contributed by atoms with Gasteiger partial charge in [0.15, 0.2) is 0 Å². The second kappa shape index (κ2) is 18.3. The number of halogens is 1. The summed E-state index contributed by atoms with van der Waals surface area (Å²) in [5.41, 5.74) is 10.6. The van der Waals surface area contributed by atoms with Crippen LogP contribution >= 0.6 is 11.6 Å². The molecular formula is C40H41ClN2O6S. The highest BCUT2D eigenvalue weighted by molar-refractivity contribution is 7.85. The van der Waals surface area contributed by atoms with Crippen molar-refractivity contribution < 1.29 is 27.3 Å². The number of benzene rings is 5. The molecule has 3 N–H and O–H groups in total. The van der Waals surface area contributed by atoms with Crippen LogP contribution in [0.5, 0.6) is 5.75 Å².